The molecule has 3 nitrogen and oxygen atoms in total. The number of thiol groups is 1. The van der Waals surface area contributed by atoms with Gasteiger partial charge >= 0.3 is 5.97 Å². The van der Waals surface area contributed by atoms with Crippen molar-refractivity contribution in [2.75, 3.05) is 12.4 Å². The third-order valence-corrected chi connectivity index (χ3v) is 3.44. The number of esters is 1. The molecular formula is C16H24O3S. The summed E-state index contributed by atoms with van der Waals surface area (Å²) in [6.07, 6.45) is 0.666. The van der Waals surface area contributed by atoms with E-state index < -0.39 is 0 Å². The van der Waals surface area contributed by atoms with Crippen molar-refractivity contribution >= 4 is 18.6 Å². The van der Waals surface area contributed by atoms with Crippen LogP contribution in [-0.2, 0) is 14.9 Å². The highest BCUT2D eigenvalue weighted by molar-refractivity contribution is 7.80. The van der Waals surface area contributed by atoms with Crippen LogP contribution < -0.4 is 0 Å². The summed E-state index contributed by atoms with van der Waals surface area (Å²) < 4.78 is 5.18. The van der Waals surface area contributed by atoms with Crippen molar-refractivity contribution in [3.8, 4) is 5.75 Å². The molecule has 1 atom stereocenters. The second kappa shape index (κ2) is 7.02. The van der Waals surface area contributed by atoms with E-state index in [0.29, 0.717) is 18.8 Å². The lowest BCUT2D eigenvalue weighted by Crippen LogP contribution is -2.18. The Morgan fingerprint density at radius 2 is 2.05 bits per heavy atom. The highest BCUT2D eigenvalue weighted by Gasteiger charge is 2.24. The van der Waals surface area contributed by atoms with Gasteiger partial charge in [0, 0.05) is 5.75 Å². The highest BCUT2D eigenvalue weighted by Crippen LogP contribution is 2.34. The average Bonchev–Trinajstić information content (AvgIpc) is 2.37. The predicted molar refractivity (Wildman–Crippen MR) is 84.7 cm³/mol. The Balaban J connectivity index is 3.08. The summed E-state index contributed by atoms with van der Waals surface area (Å²) in [6, 6.07) is 5.36. The highest BCUT2D eigenvalue weighted by atomic mass is 32.1. The first-order valence-electron chi connectivity index (χ1n) is 6.92. The van der Waals surface area contributed by atoms with Gasteiger partial charge in [0.1, 0.15) is 12.4 Å². The monoisotopic (exact) mass is 296 g/mol. The van der Waals surface area contributed by atoms with E-state index in [0.717, 1.165) is 11.1 Å². The van der Waals surface area contributed by atoms with Gasteiger partial charge in [0.05, 0.1) is 5.92 Å². The van der Waals surface area contributed by atoms with Crippen molar-refractivity contribution in [2.45, 2.75) is 45.4 Å². The fourth-order valence-electron chi connectivity index (χ4n) is 2.16. The maximum Gasteiger partial charge on any atom is 0.313 e. The van der Waals surface area contributed by atoms with E-state index in [1.165, 1.54) is 0 Å². The Morgan fingerprint density at radius 3 is 2.55 bits per heavy atom. The van der Waals surface area contributed by atoms with E-state index >= 15 is 0 Å². The van der Waals surface area contributed by atoms with Crippen molar-refractivity contribution in [3.05, 3.63) is 29.3 Å². The van der Waals surface area contributed by atoms with Crippen molar-refractivity contribution in [2.24, 2.45) is 0 Å². The first-order chi connectivity index (χ1) is 9.31. The van der Waals surface area contributed by atoms with Gasteiger partial charge in [-0.15, -0.1) is 0 Å². The van der Waals surface area contributed by atoms with Crippen molar-refractivity contribution < 1.29 is 14.6 Å². The minimum Gasteiger partial charge on any atom is -0.508 e. The summed E-state index contributed by atoms with van der Waals surface area (Å²) in [5, 5.41) is 9.98. The predicted octanol–water partition coefficient (Wildman–Crippen LogP) is 3.66. The summed E-state index contributed by atoms with van der Waals surface area (Å²) >= 11 is 4.04. The molecule has 0 saturated heterocycles. The number of rotatable bonds is 5. The molecule has 1 aromatic carbocycles. The molecule has 0 heterocycles. The lowest BCUT2D eigenvalue weighted by atomic mass is 9.83. The third kappa shape index (κ3) is 4.17. The van der Waals surface area contributed by atoms with E-state index in [1.807, 2.05) is 33.8 Å². The first kappa shape index (κ1) is 16.9. The van der Waals surface area contributed by atoms with Crippen LogP contribution in [0.25, 0.3) is 0 Å². The molecular weight excluding hydrogens is 272 g/mol. The topological polar surface area (TPSA) is 46.5 Å². The molecule has 1 rings (SSSR count). The van der Waals surface area contributed by atoms with Crippen molar-refractivity contribution in [3.63, 3.8) is 0 Å². The Kier molecular flexibility index (Phi) is 5.93. The molecule has 0 aliphatic heterocycles. The van der Waals surface area contributed by atoms with Crippen molar-refractivity contribution in [1.82, 2.24) is 0 Å². The van der Waals surface area contributed by atoms with Gasteiger partial charge in [0.25, 0.3) is 0 Å². The number of aromatic hydroxyl groups is 1. The van der Waals surface area contributed by atoms with Gasteiger partial charge in [0.15, 0.2) is 0 Å². The molecule has 4 heteroatoms. The Labute approximate surface area is 126 Å². The number of hydrogen-bond acceptors (Lipinski definition) is 4. The minimum absolute atomic E-state index is 0.173. The van der Waals surface area contributed by atoms with Crippen molar-refractivity contribution in [1.29, 1.82) is 0 Å². The molecule has 0 aromatic heterocycles. The standard InChI is InChI=1S/C16H24O3S/c1-5-12(15(18)19-8-9-20)11-6-7-14(17)13(10-11)16(2,3)4/h6-7,10,12,17,20H,5,8-9H2,1-4H3. The van der Waals surface area contributed by atoms with Crippen LogP contribution in [0.2, 0.25) is 0 Å². The molecule has 0 fully saturated rings. The summed E-state index contributed by atoms with van der Waals surface area (Å²) in [7, 11) is 0. The number of phenolic OH excluding ortho intramolecular Hbond substituents is 1. The zero-order valence-electron chi connectivity index (χ0n) is 12.6. The zero-order valence-corrected chi connectivity index (χ0v) is 13.5. The van der Waals surface area contributed by atoms with E-state index in [1.54, 1.807) is 12.1 Å². The smallest absolute Gasteiger partial charge is 0.313 e. The van der Waals surface area contributed by atoms with Crippen LogP contribution in [0.5, 0.6) is 5.75 Å². The second-order valence-electron chi connectivity index (χ2n) is 5.88. The molecule has 0 aliphatic rings. The Bertz CT molecular complexity index is 463. The molecule has 0 bridgehead atoms. The molecule has 0 saturated carbocycles. The van der Waals surface area contributed by atoms with Gasteiger partial charge in [0.2, 0.25) is 0 Å². The SMILES string of the molecule is CCC(C(=O)OCCS)c1ccc(O)c(C(C)(C)C)c1. The van der Waals surface area contributed by atoms with Gasteiger partial charge < -0.3 is 9.84 Å². The van der Waals surface area contributed by atoms with Crippen LogP contribution in [0, 0.1) is 0 Å². The molecule has 1 unspecified atom stereocenters. The number of benzene rings is 1. The summed E-state index contributed by atoms with van der Waals surface area (Å²) in [6.45, 7) is 8.38. The average molecular weight is 296 g/mol. The van der Waals surface area contributed by atoms with Crippen LogP contribution >= 0.6 is 12.6 Å². The van der Waals surface area contributed by atoms with Gasteiger partial charge in [-0.2, -0.15) is 12.6 Å². The van der Waals surface area contributed by atoms with Gasteiger partial charge in [-0.1, -0.05) is 39.8 Å². The molecule has 112 valence electrons. The van der Waals surface area contributed by atoms with E-state index in [2.05, 4.69) is 12.6 Å². The molecule has 20 heavy (non-hydrogen) atoms. The molecule has 0 aliphatic carbocycles. The normalized spacial score (nSPS) is 13.1. The molecule has 0 amide bonds. The quantitative estimate of drug-likeness (QED) is 0.644. The third-order valence-electron chi connectivity index (χ3n) is 3.26. The zero-order chi connectivity index (χ0) is 15.3. The Hall–Kier alpha value is -1.16. The fourth-order valence-corrected chi connectivity index (χ4v) is 2.25. The minimum atomic E-state index is -0.295. The molecule has 0 spiro atoms. The first-order valence-corrected chi connectivity index (χ1v) is 7.55. The number of hydrogen-bond donors (Lipinski definition) is 2. The van der Waals surface area contributed by atoms with Crippen LogP contribution in [0.1, 0.15) is 51.2 Å². The number of ether oxygens (including phenoxy) is 1. The largest absolute Gasteiger partial charge is 0.508 e. The molecule has 1 N–H and O–H groups in total. The second-order valence-corrected chi connectivity index (χ2v) is 6.33. The number of carbonyl (C=O) groups is 1. The van der Waals surface area contributed by atoms with Gasteiger partial charge in [-0.3, -0.25) is 4.79 Å². The molecule has 0 radical (unpaired) electrons. The summed E-state index contributed by atoms with van der Waals surface area (Å²) in [5.41, 5.74) is 1.56. The summed E-state index contributed by atoms with van der Waals surface area (Å²) in [4.78, 5) is 12.1. The number of carbonyl (C=O) groups excluding carboxylic acids is 1. The van der Waals surface area contributed by atoms with Gasteiger partial charge in [-0.05, 0) is 29.0 Å². The molecule has 1 aromatic rings. The van der Waals surface area contributed by atoms with Crippen LogP contribution in [-0.4, -0.2) is 23.4 Å². The lowest BCUT2D eigenvalue weighted by molar-refractivity contribution is -0.144. The van der Waals surface area contributed by atoms with Crippen LogP contribution in [0.15, 0.2) is 18.2 Å². The maximum atomic E-state index is 12.1. The van der Waals surface area contributed by atoms with Crippen LogP contribution in [0.3, 0.4) is 0 Å². The maximum absolute atomic E-state index is 12.1. The van der Waals surface area contributed by atoms with Gasteiger partial charge in [-0.25, -0.2) is 0 Å². The lowest BCUT2D eigenvalue weighted by Gasteiger charge is -2.23. The fraction of sp³-hybridized carbons (Fsp3) is 0.562. The van der Waals surface area contributed by atoms with E-state index in [4.69, 9.17) is 4.74 Å². The van der Waals surface area contributed by atoms with E-state index in [-0.39, 0.29) is 23.1 Å². The Morgan fingerprint density at radius 1 is 1.40 bits per heavy atom. The number of phenols is 1. The van der Waals surface area contributed by atoms with Crippen LogP contribution in [0.4, 0.5) is 0 Å². The van der Waals surface area contributed by atoms with E-state index in [9.17, 15) is 9.90 Å². The summed E-state index contributed by atoms with van der Waals surface area (Å²) in [5.74, 6) is 0.258.